The molecule has 0 spiro atoms. The van der Waals surface area contributed by atoms with Crippen molar-refractivity contribution in [3.8, 4) is 0 Å². The number of hydrogen-bond donors (Lipinski definition) is 1. The highest BCUT2D eigenvalue weighted by Gasteiger charge is 2.32. The number of benzene rings is 3. The summed E-state index contributed by atoms with van der Waals surface area (Å²) >= 11 is 0. The van der Waals surface area contributed by atoms with Crippen LogP contribution in [0.2, 0.25) is 0 Å². The molecule has 1 aliphatic carbocycles. The SMILES string of the molecule is CC(C)Cc1ccc(C(C)CN2CCN(CCCCC3CNCCN3CC3CCC(C(C)(C)C)CC3)C[C@@H]2Cc2ccc3ccccc3c2)cc1. The van der Waals surface area contributed by atoms with Crippen molar-refractivity contribution in [1.82, 2.24) is 20.0 Å². The fourth-order valence-electron chi connectivity index (χ4n) is 9.73. The van der Waals surface area contributed by atoms with Gasteiger partial charge < -0.3 is 10.2 Å². The molecule has 1 N–H and O–H groups in total. The molecular weight excluding hydrogens is 621 g/mol. The average Bonchev–Trinajstić information content (AvgIpc) is 3.11. The third-order valence-electron chi connectivity index (χ3n) is 13.0. The van der Waals surface area contributed by atoms with Crippen molar-refractivity contribution in [1.29, 1.82) is 0 Å². The van der Waals surface area contributed by atoms with Crippen LogP contribution in [-0.2, 0) is 12.8 Å². The van der Waals surface area contributed by atoms with Crippen molar-refractivity contribution >= 4 is 10.8 Å². The molecule has 0 radical (unpaired) electrons. The van der Waals surface area contributed by atoms with E-state index >= 15 is 0 Å². The van der Waals surface area contributed by atoms with Gasteiger partial charge in [0.15, 0.2) is 0 Å². The smallest absolute Gasteiger partial charge is 0.0264 e. The molecule has 3 aliphatic rings. The first-order valence-corrected chi connectivity index (χ1v) is 21.1. The van der Waals surface area contributed by atoms with Crippen molar-refractivity contribution in [3.63, 3.8) is 0 Å². The van der Waals surface area contributed by atoms with Gasteiger partial charge in [-0.1, -0.05) is 115 Å². The van der Waals surface area contributed by atoms with E-state index in [4.69, 9.17) is 0 Å². The molecule has 51 heavy (non-hydrogen) atoms. The highest BCUT2D eigenvalue weighted by Crippen LogP contribution is 2.40. The lowest BCUT2D eigenvalue weighted by Gasteiger charge is -2.43. The predicted octanol–water partition coefficient (Wildman–Crippen LogP) is 9.67. The first-order chi connectivity index (χ1) is 24.6. The van der Waals surface area contributed by atoms with Gasteiger partial charge >= 0.3 is 0 Å². The van der Waals surface area contributed by atoms with Crippen molar-refractivity contribution in [2.24, 2.45) is 23.2 Å². The molecule has 4 nitrogen and oxygen atoms in total. The molecule has 3 atom stereocenters. The number of fused-ring (bicyclic) bond motifs is 1. The lowest BCUT2D eigenvalue weighted by Crippen LogP contribution is -2.55. The van der Waals surface area contributed by atoms with Crippen molar-refractivity contribution < 1.29 is 0 Å². The Hall–Kier alpha value is -2.24. The molecule has 3 fully saturated rings. The Bertz CT molecular complexity index is 1470. The topological polar surface area (TPSA) is 21.8 Å². The third kappa shape index (κ3) is 11.1. The fourth-order valence-corrected chi connectivity index (χ4v) is 9.73. The van der Waals surface area contributed by atoms with Gasteiger partial charge in [-0.2, -0.15) is 0 Å². The van der Waals surface area contributed by atoms with Gasteiger partial charge in [-0.05, 0) is 114 Å². The van der Waals surface area contributed by atoms with E-state index in [1.165, 1.54) is 131 Å². The number of unbranched alkanes of at least 4 members (excludes halogenated alkanes) is 1. The summed E-state index contributed by atoms with van der Waals surface area (Å²) in [5, 5.41) is 6.46. The highest BCUT2D eigenvalue weighted by atomic mass is 15.3. The molecule has 2 saturated heterocycles. The normalized spacial score (nSPS) is 25.1. The van der Waals surface area contributed by atoms with Crippen LogP contribution in [0.4, 0.5) is 0 Å². The van der Waals surface area contributed by atoms with Crippen LogP contribution in [0.5, 0.6) is 0 Å². The third-order valence-corrected chi connectivity index (χ3v) is 13.0. The fraction of sp³-hybridized carbons (Fsp3) is 0.660. The Morgan fingerprint density at radius 3 is 2.25 bits per heavy atom. The summed E-state index contributed by atoms with van der Waals surface area (Å²) in [6.45, 7) is 25.3. The molecule has 0 bridgehead atoms. The van der Waals surface area contributed by atoms with Crippen molar-refractivity contribution in [2.45, 2.75) is 117 Å². The number of hydrogen-bond acceptors (Lipinski definition) is 4. The Kier molecular flexibility index (Phi) is 13.7. The summed E-state index contributed by atoms with van der Waals surface area (Å²) < 4.78 is 0. The molecule has 2 heterocycles. The zero-order valence-corrected chi connectivity index (χ0v) is 33.4. The average molecular weight is 693 g/mol. The van der Waals surface area contributed by atoms with Crippen LogP contribution < -0.4 is 5.32 Å². The maximum atomic E-state index is 3.74. The number of nitrogens with one attached hydrogen (secondary N) is 1. The summed E-state index contributed by atoms with van der Waals surface area (Å²) in [4.78, 5) is 8.52. The Labute approximate surface area is 312 Å². The van der Waals surface area contributed by atoms with E-state index in [1.54, 1.807) is 0 Å². The van der Waals surface area contributed by atoms with Gasteiger partial charge in [0.05, 0.1) is 0 Å². The van der Waals surface area contributed by atoms with Gasteiger partial charge in [-0.15, -0.1) is 0 Å². The Morgan fingerprint density at radius 2 is 1.51 bits per heavy atom. The van der Waals surface area contributed by atoms with Gasteiger partial charge in [-0.3, -0.25) is 9.80 Å². The standard InChI is InChI=1S/C47H72N4/c1-36(2)29-38-14-19-41(20-15-38)37(3)33-51-28-27-49(35-46(51)31-40-16-21-42-11-7-8-12-43(42)30-40)25-10-9-13-45-32-48-24-26-50(45)34-39-17-22-44(23-18-39)47(4,5)6/h7-8,11-12,14-16,19-21,30,36-37,39,44-46,48H,9-10,13,17-18,22-29,31-35H2,1-6H3/t37?,39?,44?,45?,46-/m0/s1. The van der Waals surface area contributed by atoms with Gasteiger partial charge in [-0.25, -0.2) is 0 Å². The molecule has 2 unspecified atom stereocenters. The summed E-state index contributed by atoms with van der Waals surface area (Å²) in [6.07, 6.45) is 12.1. The van der Waals surface area contributed by atoms with E-state index in [2.05, 4.69) is 128 Å². The number of piperazine rings is 2. The minimum Gasteiger partial charge on any atom is -0.314 e. The predicted molar refractivity (Wildman–Crippen MR) is 220 cm³/mol. The highest BCUT2D eigenvalue weighted by molar-refractivity contribution is 5.83. The van der Waals surface area contributed by atoms with Crippen LogP contribution in [0, 0.1) is 23.2 Å². The van der Waals surface area contributed by atoms with Crippen molar-refractivity contribution in [2.75, 3.05) is 58.9 Å². The minimum absolute atomic E-state index is 0.476. The molecule has 2 aliphatic heterocycles. The summed E-state index contributed by atoms with van der Waals surface area (Å²) in [5.74, 6) is 3.06. The monoisotopic (exact) mass is 693 g/mol. The molecule has 6 rings (SSSR count). The second-order valence-electron chi connectivity index (χ2n) is 18.5. The van der Waals surface area contributed by atoms with Gasteiger partial charge in [0, 0.05) is 64.4 Å². The van der Waals surface area contributed by atoms with E-state index in [9.17, 15) is 0 Å². The zero-order valence-electron chi connectivity index (χ0n) is 33.4. The largest absolute Gasteiger partial charge is 0.314 e. The number of rotatable bonds is 14. The summed E-state index contributed by atoms with van der Waals surface area (Å²) in [5.41, 5.74) is 4.91. The van der Waals surface area contributed by atoms with Crippen LogP contribution in [-0.4, -0.2) is 85.7 Å². The van der Waals surface area contributed by atoms with Crippen LogP contribution in [0.25, 0.3) is 10.8 Å². The molecule has 1 saturated carbocycles. The Morgan fingerprint density at radius 1 is 0.765 bits per heavy atom. The van der Waals surface area contributed by atoms with Crippen molar-refractivity contribution in [3.05, 3.63) is 83.4 Å². The van der Waals surface area contributed by atoms with Crippen LogP contribution in [0.1, 0.15) is 109 Å². The van der Waals surface area contributed by atoms with Crippen LogP contribution in [0.15, 0.2) is 66.7 Å². The molecule has 4 heteroatoms. The molecule has 280 valence electrons. The molecule has 0 aromatic heterocycles. The van der Waals surface area contributed by atoms with E-state index in [0.717, 1.165) is 30.8 Å². The maximum absolute atomic E-state index is 3.74. The van der Waals surface area contributed by atoms with Gasteiger partial charge in [0.25, 0.3) is 0 Å². The van der Waals surface area contributed by atoms with Crippen LogP contribution in [0.3, 0.4) is 0 Å². The molecule has 3 aromatic rings. The Balaban J connectivity index is 1.02. The van der Waals surface area contributed by atoms with E-state index < -0.39 is 0 Å². The maximum Gasteiger partial charge on any atom is 0.0264 e. The van der Waals surface area contributed by atoms with E-state index in [-0.39, 0.29) is 0 Å². The molecule has 3 aromatic carbocycles. The minimum atomic E-state index is 0.476. The lowest BCUT2D eigenvalue weighted by molar-refractivity contribution is 0.0674. The number of nitrogens with zero attached hydrogens (tertiary/aromatic N) is 3. The zero-order chi connectivity index (χ0) is 35.8. The first kappa shape index (κ1) is 38.5. The quantitative estimate of drug-likeness (QED) is 0.170. The van der Waals surface area contributed by atoms with Gasteiger partial charge in [0.2, 0.25) is 0 Å². The van der Waals surface area contributed by atoms with Gasteiger partial charge in [0.1, 0.15) is 0 Å². The molecule has 0 amide bonds. The van der Waals surface area contributed by atoms with Crippen LogP contribution >= 0.6 is 0 Å². The van der Waals surface area contributed by atoms with E-state index in [0.29, 0.717) is 23.3 Å². The second kappa shape index (κ2) is 18.2. The lowest BCUT2D eigenvalue weighted by atomic mass is 9.70. The van der Waals surface area contributed by atoms with E-state index in [1.807, 2.05) is 0 Å². The first-order valence-electron chi connectivity index (χ1n) is 21.1. The summed E-state index contributed by atoms with van der Waals surface area (Å²) in [6, 6.07) is 26.8. The second-order valence-corrected chi connectivity index (χ2v) is 18.5. The molecular formula is C47H72N4. The summed E-state index contributed by atoms with van der Waals surface area (Å²) in [7, 11) is 0.